The van der Waals surface area contributed by atoms with Crippen LogP contribution in [-0.2, 0) is 20.1 Å². The normalized spacial score (nSPS) is 16.5. The second kappa shape index (κ2) is 9.55. The van der Waals surface area contributed by atoms with Gasteiger partial charge in [-0.2, -0.15) is 0 Å². The topological polar surface area (TPSA) is 83.3 Å². The number of pyridine rings is 1. The van der Waals surface area contributed by atoms with Crippen LogP contribution >= 0.6 is 0 Å². The van der Waals surface area contributed by atoms with E-state index in [-0.39, 0.29) is 11.9 Å². The van der Waals surface area contributed by atoms with Crippen molar-refractivity contribution in [2.45, 2.75) is 32.5 Å². The Bertz CT molecular complexity index is 1030. The van der Waals surface area contributed by atoms with Crippen molar-refractivity contribution in [2.24, 2.45) is 12.0 Å². The molecule has 1 unspecified atom stereocenters. The molecule has 0 bridgehead atoms. The average molecular weight is 423 g/mol. The van der Waals surface area contributed by atoms with Crippen molar-refractivity contribution in [1.29, 1.82) is 0 Å². The van der Waals surface area contributed by atoms with Gasteiger partial charge in [-0.1, -0.05) is 30.3 Å². The predicted octanol–water partition coefficient (Wildman–Crippen LogP) is 2.17. The molecule has 0 aliphatic carbocycles. The van der Waals surface area contributed by atoms with Crippen LogP contribution in [0.3, 0.4) is 0 Å². The Labute approximate surface area is 181 Å². The third-order valence-corrected chi connectivity index (χ3v) is 5.43. The Morgan fingerprint density at radius 1 is 1.19 bits per heavy atom. The Kier molecular flexibility index (Phi) is 6.40. The maximum Gasteiger partial charge on any atom is 0.192 e. The van der Waals surface area contributed by atoms with Gasteiger partial charge in [0.25, 0.3) is 0 Å². The fourth-order valence-corrected chi connectivity index (χ4v) is 3.55. The molecule has 3 heterocycles. The lowest BCUT2D eigenvalue weighted by molar-refractivity contribution is 0.611. The maximum absolute atomic E-state index is 14.1. The van der Waals surface area contributed by atoms with Crippen LogP contribution in [-0.4, -0.2) is 44.8 Å². The number of hydrogen-bond donors (Lipinski definition) is 2. The SMILES string of the molecule is Cc1nnc(CNC(=NCc2ccccc2)NC2CCN(c3ncccc3F)C2)n1C. The molecular formula is C22H27FN8. The van der Waals surface area contributed by atoms with E-state index in [1.165, 1.54) is 6.07 Å². The fourth-order valence-electron chi connectivity index (χ4n) is 3.55. The average Bonchev–Trinajstić information content (AvgIpc) is 3.38. The number of halogens is 1. The van der Waals surface area contributed by atoms with Crippen molar-refractivity contribution >= 4 is 11.8 Å². The minimum absolute atomic E-state index is 0.129. The van der Waals surface area contributed by atoms with Crippen LogP contribution in [0, 0.1) is 12.7 Å². The van der Waals surface area contributed by atoms with Gasteiger partial charge in [-0.15, -0.1) is 10.2 Å². The monoisotopic (exact) mass is 422 g/mol. The van der Waals surface area contributed by atoms with Gasteiger partial charge in [0.15, 0.2) is 23.4 Å². The third kappa shape index (κ3) is 5.17. The predicted molar refractivity (Wildman–Crippen MR) is 118 cm³/mol. The number of guanidine groups is 1. The minimum atomic E-state index is -0.295. The van der Waals surface area contributed by atoms with Crippen molar-refractivity contribution < 1.29 is 4.39 Å². The lowest BCUT2D eigenvalue weighted by Gasteiger charge is -2.20. The molecule has 31 heavy (non-hydrogen) atoms. The molecule has 1 atom stereocenters. The summed E-state index contributed by atoms with van der Waals surface area (Å²) in [4.78, 5) is 10.9. The lowest BCUT2D eigenvalue weighted by atomic mass is 10.2. The molecule has 1 aromatic carbocycles. The van der Waals surface area contributed by atoms with Crippen LogP contribution in [0.2, 0.25) is 0 Å². The highest BCUT2D eigenvalue weighted by Crippen LogP contribution is 2.20. The number of hydrogen-bond acceptors (Lipinski definition) is 5. The largest absolute Gasteiger partial charge is 0.352 e. The summed E-state index contributed by atoms with van der Waals surface area (Å²) in [5.74, 6) is 2.48. The molecule has 9 heteroatoms. The number of anilines is 1. The first kappa shape index (κ1) is 20.8. The number of aliphatic imine (C=N–C) groups is 1. The van der Waals surface area contributed by atoms with E-state index in [9.17, 15) is 4.39 Å². The zero-order valence-electron chi connectivity index (χ0n) is 17.8. The number of nitrogens with zero attached hydrogens (tertiary/aromatic N) is 6. The maximum atomic E-state index is 14.1. The van der Waals surface area contributed by atoms with Crippen LogP contribution < -0.4 is 15.5 Å². The van der Waals surface area contributed by atoms with Crippen molar-refractivity contribution in [3.05, 3.63) is 71.7 Å². The van der Waals surface area contributed by atoms with Crippen molar-refractivity contribution in [3.63, 3.8) is 0 Å². The quantitative estimate of drug-likeness (QED) is 0.468. The second-order valence-corrected chi connectivity index (χ2v) is 7.61. The first-order chi connectivity index (χ1) is 15.1. The lowest BCUT2D eigenvalue weighted by Crippen LogP contribution is -2.44. The molecule has 0 amide bonds. The summed E-state index contributed by atoms with van der Waals surface area (Å²) in [7, 11) is 1.94. The van der Waals surface area contributed by atoms with Crippen LogP contribution in [0.5, 0.6) is 0 Å². The van der Waals surface area contributed by atoms with E-state index in [1.54, 1.807) is 12.3 Å². The number of rotatable bonds is 6. The molecule has 1 fully saturated rings. The number of aromatic nitrogens is 4. The number of aryl methyl sites for hydroxylation is 1. The molecule has 0 spiro atoms. The van der Waals surface area contributed by atoms with E-state index in [1.807, 2.05) is 53.8 Å². The van der Waals surface area contributed by atoms with Crippen LogP contribution in [0.15, 0.2) is 53.7 Å². The Morgan fingerprint density at radius 3 is 2.77 bits per heavy atom. The minimum Gasteiger partial charge on any atom is -0.352 e. The summed E-state index contributed by atoms with van der Waals surface area (Å²) in [6.45, 7) is 4.37. The summed E-state index contributed by atoms with van der Waals surface area (Å²) in [5, 5.41) is 15.2. The van der Waals surface area contributed by atoms with Gasteiger partial charge >= 0.3 is 0 Å². The molecule has 1 aliphatic rings. The standard InChI is InChI=1S/C22H27FN8/c1-16-28-29-20(30(16)2)14-26-22(25-13-17-7-4-3-5-8-17)27-18-10-12-31(15-18)21-19(23)9-6-11-24-21/h3-9,11,18H,10,12-15H2,1-2H3,(H2,25,26,27). The molecule has 0 radical (unpaired) electrons. The van der Waals surface area contributed by atoms with Gasteiger partial charge in [-0.25, -0.2) is 14.4 Å². The summed E-state index contributed by atoms with van der Waals surface area (Å²) in [6.07, 6.45) is 2.49. The highest BCUT2D eigenvalue weighted by atomic mass is 19.1. The molecule has 162 valence electrons. The number of benzene rings is 1. The number of nitrogens with one attached hydrogen (secondary N) is 2. The Morgan fingerprint density at radius 2 is 2.03 bits per heavy atom. The van der Waals surface area contributed by atoms with E-state index in [0.29, 0.717) is 31.4 Å². The smallest absolute Gasteiger partial charge is 0.192 e. The van der Waals surface area contributed by atoms with Gasteiger partial charge in [-0.3, -0.25) is 0 Å². The van der Waals surface area contributed by atoms with Crippen molar-refractivity contribution in [1.82, 2.24) is 30.4 Å². The van der Waals surface area contributed by atoms with E-state index < -0.39 is 0 Å². The first-order valence-electron chi connectivity index (χ1n) is 10.4. The van der Waals surface area contributed by atoms with E-state index >= 15 is 0 Å². The van der Waals surface area contributed by atoms with Gasteiger partial charge in [-0.05, 0) is 31.0 Å². The van der Waals surface area contributed by atoms with Crippen LogP contribution in [0.4, 0.5) is 10.2 Å². The third-order valence-electron chi connectivity index (χ3n) is 5.43. The fraction of sp³-hybridized carbons (Fsp3) is 0.364. The summed E-state index contributed by atoms with van der Waals surface area (Å²) in [5.41, 5.74) is 1.13. The van der Waals surface area contributed by atoms with Crippen molar-refractivity contribution in [3.8, 4) is 0 Å². The van der Waals surface area contributed by atoms with Gasteiger partial charge in [0.05, 0.1) is 13.1 Å². The molecule has 8 nitrogen and oxygen atoms in total. The van der Waals surface area contributed by atoms with E-state index in [4.69, 9.17) is 4.99 Å². The molecule has 2 aromatic heterocycles. The molecule has 3 aromatic rings. The van der Waals surface area contributed by atoms with Gasteiger partial charge in [0.2, 0.25) is 0 Å². The second-order valence-electron chi connectivity index (χ2n) is 7.61. The van der Waals surface area contributed by atoms with Crippen LogP contribution in [0.1, 0.15) is 23.6 Å². The molecular weight excluding hydrogens is 395 g/mol. The van der Waals surface area contributed by atoms with Crippen LogP contribution in [0.25, 0.3) is 0 Å². The first-order valence-corrected chi connectivity index (χ1v) is 10.4. The van der Waals surface area contributed by atoms with Gasteiger partial charge < -0.3 is 20.1 Å². The Balaban J connectivity index is 1.43. The molecule has 0 saturated carbocycles. The zero-order valence-corrected chi connectivity index (χ0v) is 17.8. The van der Waals surface area contributed by atoms with E-state index in [2.05, 4.69) is 25.8 Å². The highest BCUT2D eigenvalue weighted by Gasteiger charge is 2.26. The molecule has 1 saturated heterocycles. The summed E-state index contributed by atoms with van der Waals surface area (Å²) >= 11 is 0. The van der Waals surface area contributed by atoms with Gasteiger partial charge in [0, 0.05) is 32.4 Å². The summed E-state index contributed by atoms with van der Waals surface area (Å²) in [6, 6.07) is 13.3. The van der Waals surface area contributed by atoms with Crippen molar-refractivity contribution in [2.75, 3.05) is 18.0 Å². The molecule has 1 aliphatic heterocycles. The Hall–Kier alpha value is -3.49. The molecule has 2 N–H and O–H groups in total. The van der Waals surface area contributed by atoms with E-state index in [0.717, 1.165) is 30.2 Å². The van der Waals surface area contributed by atoms with Gasteiger partial charge in [0.1, 0.15) is 5.82 Å². The highest BCUT2D eigenvalue weighted by molar-refractivity contribution is 5.80. The zero-order chi connectivity index (χ0) is 21.6. The molecule has 4 rings (SSSR count). The summed E-state index contributed by atoms with van der Waals surface area (Å²) < 4.78 is 16.1.